The lowest BCUT2D eigenvalue weighted by Crippen LogP contribution is -2.57. The average Bonchev–Trinajstić information content (AvgIpc) is 1.49. The van der Waals surface area contributed by atoms with Crippen LogP contribution in [0, 0.1) is 11.3 Å². The number of ether oxygens (including phenoxy) is 3. The van der Waals surface area contributed by atoms with Gasteiger partial charge in [0.2, 0.25) is 53.0 Å². The van der Waals surface area contributed by atoms with Crippen molar-refractivity contribution in [2.75, 3.05) is 57.3 Å². The first kappa shape index (κ1) is 67.1. The second kappa shape index (κ2) is 27.9. The number of nitrogens with two attached hydrogens (primary N) is 3. The number of allylic oxidation sites excluding steroid dienone is 2. The number of ketones is 2. The van der Waals surface area contributed by atoms with Gasteiger partial charge in [0.25, 0.3) is 11.5 Å². The topological polar surface area (TPSA) is 565 Å². The van der Waals surface area contributed by atoms with Gasteiger partial charge in [-0.1, -0.05) is 0 Å². The van der Waals surface area contributed by atoms with Crippen LogP contribution >= 0.6 is 11.8 Å². The van der Waals surface area contributed by atoms with Gasteiger partial charge in [0.15, 0.2) is 28.6 Å². The Hall–Kier alpha value is -10.8. The number of thioether (sulfide) groups is 1. The molecule has 0 bridgehead atoms. The van der Waals surface area contributed by atoms with Gasteiger partial charge in [-0.25, -0.2) is 24.4 Å². The van der Waals surface area contributed by atoms with Gasteiger partial charge in [0.1, 0.15) is 43.4 Å². The Morgan fingerprint density at radius 3 is 2.21 bits per heavy atom. The number of amides is 8. The Morgan fingerprint density at radius 1 is 0.880 bits per heavy atom. The van der Waals surface area contributed by atoms with Crippen LogP contribution in [-0.4, -0.2) is 226 Å². The number of aromatic amines is 1. The first-order chi connectivity index (χ1) is 43.6. The standard InChI is InChI=1S/C54H63N17O20S/c1-21-39(77)38-36(40(78)41(21)89-2)25(19-91-53(58)88)54(90-3)42-30(17-70(38)54)71(42)34(74)18-69-33(73)14-31(48(69)83)92-20-29(50(86)87)66-46(81)28(13-35(75)76)65-45(80)26(5-4-12-59-51(55)56)63-32(72)11-10-27(49(84)85)64-44(79)22-6-8-23(9-7-22)60-15-24-16-61-43-37(62-24)47(82)68-52(57)67-43/h6-9,16,25-31,42,60H,4-5,10-15,17-20H2,1-3H3,(H2,58,88)(H,63,72)(H,64,79)(H,65,80)(H,66,81)(H,75,76)(H,84,85)(H,86,87)(H4,55,56,59)(H3,57,61,67,68,82)/t25-,26+,27+,28+,29+,30+,31?,42+,54-,71?/m0/s1. The highest BCUT2D eigenvalue weighted by Crippen LogP contribution is 2.60. The summed E-state index contributed by atoms with van der Waals surface area (Å²) in [7, 11) is 2.46. The molecule has 4 aliphatic heterocycles. The van der Waals surface area contributed by atoms with Crippen molar-refractivity contribution in [1.29, 1.82) is 5.41 Å². The molecule has 0 spiro atoms. The van der Waals surface area contributed by atoms with Crippen molar-refractivity contribution in [2.45, 2.75) is 99.2 Å². The number of hydrogen-bond acceptors (Lipinski definition) is 25. The van der Waals surface area contributed by atoms with E-state index in [1.54, 1.807) is 0 Å². The van der Waals surface area contributed by atoms with Crippen molar-refractivity contribution in [2.24, 2.45) is 17.4 Å². The fourth-order valence-corrected chi connectivity index (χ4v) is 12.5. The summed E-state index contributed by atoms with van der Waals surface area (Å²) in [5.41, 5.74) is 14.7. The molecule has 0 radical (unpaired) electrons. The number of aromatic nitrogens is 4. The van der Waals surface area contributed by atoms with Gasteiger partial charge >= 0.3 is 24.0 Å². The summed E-state index contributed by atoms with van der Waals surface area (Å²) in [5, 5.41) is 50.6. The summed E-state index contributed by atoms with van der Waals surface area (Å²) >= 11 is 0.608. The summed E-state index contributed by atoms with van der Waals surface area (Å²) in [6.45, 7) is 0.0450. The number of benzene rings is 1. The van der Waals surface area contributed by atoms with Gasteiger partial charge < -0.3 is 88.4 Å². The fraction of sp³-hybridized carbons (Fsp3) is 0.444. The molecule has 92 heavy (non-hydrogen) atoms. The third kappa shape index (κ3) is 14.3. The lowest BCUT2D eigenvalue weighted by Gasteiger charge is -2.41. The molecule has 9 atom stereocenters. The zero-order chi connectivity index (χ0) is 67.2. The van der Waals surface area contributed by atoms with Crippen LogP contribution in [0.25, 0.3) is 11.2 Å². The minimum absolute atomic E-state index is 0.00310. The molecule has 5 aliphatic rings. The molecule has 38 heteroatoms. The fourth-order valence-electron chi connectivity index (χ4n) is 11.3. The average molecular weight is 1300 g/mol. The number of likely N-dealkylation sites (tertiary alicyclic amines) is 1. The molecule has 2 aromatic heterocycles. The van der Waals surface area contributed by atoms with Crippen LogP contribution in [0.2, 0.25) is 0 Å². The van der Waals surface area contributed by atoms with Crippen LogP contribution in [-0.2, 0) is 73.5 Å². The summed E-state index contributed by atoms with van der Waals surface area (Å²) in [6, 6.07) is -2.98. The van der Waals surface area contributed by atoms with Crippen molar-refractivity contribution < 1.29 is 91.9 Å². The number of aliphatic carboxylic acids is 3. The number of guanidine groups is 1. The lowest BCUT2D eigenvalue weighted by atomic mass is 9.83. The molecule has 490 valence electrons. The smallest absolute Gasteiger partial charge is 0.404 e. The van der Waals surface area contributed by atoms with Crippen LogP contribution in [0.5, 0.6) is 0 Å². The van der Waals surface area contributed by atoms with Crippen LogP contribution in [0.1, 0.15) is 61.5 Å². The molecule has 6 heterocycles. The number of carboxylic acid groups (broad SMARTS) is 3. The minimum Gasteiger partial charge on any atom is -0.492 e. The minimum atomic E-state index is -2.01. The number of carboxylic acids is 3. The second-order valence-corrected chi connectivity index (χ2v) is 22.7. The number of imide groups is 1. The number of carbonyl (C=O) groups excluding carboxylic acids is 10. The maximum Gasteiger partial charge on any atom is 0.404 e. The van der Waals surface area contributed by atoms with Gasteiger partial charge in [0.05, 0.1) is 54.9 Å². The summed E-state index contributed by atoms with van der Waals surface area (Å²) in [4.78, 5) is 202. The largest absolute Gasteiger partial charge is 0.492 e. The molecule has 3 saturated heterocycles. The monoisotopic (exact) mass is 1300 g/mol. The summed E-state index contributed by atoms with van der Waals surface area (Å²) in [6.07, 6.45) is -2.86. The molecular weight excluding hydrogens is 1240 g/mol. The number of anilines is 2. The van der Waals surface area contributed by atoms with E-state index in [0.29, 0.717) is 28.0 Å². The highest BCUT2D eigenvalue weighted by molar-refractivity contribution is 8.00. The molecule has 3 fully saturated rings. The summed E-state index contributed by atoms with van der Waals surface area (Å²) in [5.74, 6) is -15.5. The molecule has 8 amide bonds. The molecular formula is C54H63N17O20S. The van der Waals surface area contributed by atoms with E-state index in [0.717, 1.165) is 0 Å². The number of nitrogens with zero attached hydrogens (tertiary/aromatic N) is 6. The predicted octanol–water partition coefficient (Wildman–Crippen LogP) is -4.70. The normalized spacial score (nSPS) is 20.9. The molecule has 3 aromatic rings. The number of nitrogen functional groups attached to an aromatic ring is 1. The van der Waals surface area contributed by atoms with E-state index in [-0.39, 0.29) is 77.8 Å². The van der Waals surface area contributed by atoms with E-state index in [9.17, 15) is 82.4 Å². The lowest BCUT2D eigenvalue weighted by molar-refractivity contribution is -0.156. The first-order valence-corrected chi connectivity index (χ1v) is 29.1. The third-order valence-corrected chi connectivity index (χ3v) is 17.0. The summed E-state index contributed by atoms with van der Waals surface area (Å²) < 4.78 is 16.4. The number of hydrogen-bond donors (Lipinski definition) is 14. The van der Waals surface area contributed by atoms with Crippen molar-refractivity contribution >= 4 is 117 Å². The van der Waals surface area contributed by atoms with Crippen LogP contribution in [0.15, 0.2) is 57.9 Å². The van der Waals surface area contributed by atoms with Crippen LogP contribution in [0.4, 0.5) is 16.4 Å². The predicted molar refractivity (Wildman–Crippen MR) is 313 cm³/mol. The Balaban J connectivity index is 0.845. The molecule has 1 aromatic carbocycles. The van der Waals surface area contributed by atoms with Crippen molar-refractivity contribution in [3.05, 3.63) is 74.7 Å². The number of methoxy groups -OCH3 is 2. The Morgan fingerprint density at radius 2 is 1.57 bits per heavy atom. The Labute approximate surface area is 522 Å². The molecule has 1 aliphatic carbocycles. The highest BCUT2D eigenvalue weighted by Gasteiger charge is 2.77. The SMILES string of the molecule is COC1=C(C)C(=O)C2=C(C1=O)[C@H](COC(N)=O)[C@]1(OC)[C@H]3[C@@H](CN21)N3C(=O)CN1C(=O)CC(SC[C@@H](NC(=O)[C@@H](CC(=O)O)NC(=O)[C@@H](CCCNC(=N)N)NC(=O)CC[C@@H](NC(=O)c2ccc(NCc3cnc4nc(N)[nH]c(=O)c4n3)cc2)C(=O)O)C(=O)O)C1=O. The third-order valence-electron chi connectivity index (χ3n) is 15.7. The van der Waals surface area contributed by atoms with Gasteiger partial charge in [-0.05, 0) is 50.5 Å². The molecule has 0 saturated carbocycles. The maximum atomic E-state index is 14.0. The van der Waals surface area contributed by atoms with Gasteiger partial charge in [-0.15, -0.1) is 11.8 Å². The van der Waals surface area contributed by atoms with Crippen molar-refractivity contribution in [3.63, 3.8) is 0 Å². The number of nitrogens with one attached hydrogen (secondary N) is 8. The number of H-pyrrole nitrogens is 1. The van der Waals surface area contributed by atoms with E-state index < -0.39 is 186 Å². The number of carbonyl (C=O) groups is 13. The Kier molecular flexibility index (Phi) is 20.4. The second-order valence-electron chi connectivity index (χ2n) is 21.5. The van der Waals surface area contributed by atoms with Crippen molar-refractivity contribution in [1.82, 2.24) is 61.2 Å². The molecule has 37 nitrogen and oxygen atoms in total. The van der Waals surface area contributed by atoms with E-state index in [1.807, 2.05) is 0 Å². The van der Waals surface area contributed by atoms with Gasteiger partial charge in [0, 0.05) is 61.2 Å². The highest BCUT2D eigenvalue weighted by atomic mass is 32.2. The zero-order valence-corrected chi connectivity index (χ0v) is 49.9. The quantitative estimate of drug-likeness (QED) is 0.00745. The van der Waals surface area contributed by atoms with Gasteiger partial charge in [-0.3, -0.25) is 68.0 Å². The van der Waals surface area contributed by atoms with E-state index in [1.165, 1.54) is 61.4 Å². The zero-order valence-electron chi connectivity index (χ0n) is 49.1. The van der Waals surface area contributed by atoms with E-state index in [4.69, 9.17) is 36.8 Å². The molecule has 8 rings (SSSR count). The number of Topliss-reactive ketones (excluding diaryl/α,β-unsaturated/α-hetero) is 2. The molecule has 1 unspecified atom stereocenters. The van der Waals surface area contributed by atoms with E-state index in [2.05, 4.69) is 51.8 Å². The number of rotatable bonds is 30. The van der Waals surface area contributed by atoms with Gasteiger partial charge in [-0.2, -0.15) is 4.98 Å². The van der Waals surface area contributed by atoms with Crippen LogP contribution < -0.4 is 54.7 Å². The Bertz CT molecular complexity index is 3730. The molecule has 17 N–H and O–H groups in total. The van der Waals surface area contributed by atoms with Crippen LogP contribution in [0.3, 0.4) is 0 Å². The number of fused-ring (bicyclic) bond motifs is 5. The van der Waals surface area contributed by atoms with E-state index >= 15 is 0 Å². The number of piperazine rings is 1. The first-order valence-electron chi connectivity index (χ1n) is 28.0. The number of primary amides is 1. The van der Waals surface area contributed by atoms with Crippen molar-refractivity contribution in [3.8, 4) is 0 Å². The maximum absolute atomic E-state index is 14.0.